The number of ether oxygens (including phenoxy) is 4. The van der Waals surface area contributed by atoms with Gasteiger partial charge in [-0.15, -0.1) is 5.10 Å². The lowest BCUT2D eigenvalue weighted by Gasteiger charge is -2.18. The summed E-state index contributed by atoms with van der Waals surface area (Å²) < 4.78 is 24.9. The summed E-state index contributed by atoms with van der Waals surface area (Å²) in [5.41, 5.74) is 0.883. The summed E-state index contributed by atoms with van der Waals surface area (Å²) in [5.74, 6) is 2.97. The highest BCUT2D eigenvalue weighted by molar-refractivity contribution is 5.61. The minimum atomic E-state index is -0.0436. The first-order chi connectivity index (χ1) is 13.4. The van der Waals surface area contributed by atoms with Crippen LogP contribution in [0, 0.1) is 5.92 Å². The molecule has 4 atom stereocenters. The quantitative estimate of drug-likeness (QED) is 0.824. The van der Waals surface area contributed by atoms with Gasteiger partial charge in [0.05, 0.1) is 19.3 Å². The molecule has 0 spiro atoms. The van der Waals surface area contributed by atoms with Crippen molar-refractivity contribution < 1.29 is 18.9 Å². The standard InChI is InChI=1S/C18H21N5O4/c1-2-10(1)6-19-12-7-24-17-13(8-25-16(12)17)23-18(20-21-22-23)11-3-4-14-15(5-11)27-9-26-14/h3-5,10,12-13,16-17,19H,1-2,6-9H2. The number of fused-ring (bicyclic) bond motifs is 2. The minimum absolute atomic E-state index is 0.0434. The van der Waals surface area contributed by atoms with Gasteiger partial charge in [-0.3, -0.25) is 0 Å². The predicted octanol–water partition coefficient (Wildman–Crippen LogP) is 0.776. The van der Waals surface area contributed by atoms with Crippen molar-refractivity contribution in [3.63, 3.8) is 0 Å². The molecule has 1 aliphatic carbocycles. The Bertz CT molecular complexity index is 854. The van der Waals surface area contributed by atoms with Gasteiger partial charge in [-0.05, 0) is 53.9 Å². The van der Waals surface area contributed by atoms with E-state index in [1.54, 1.807) is 0 Å². The highest BCUT2D eigenvalue weighted by atomic mass is 16.7. The van der Waals surface area contributed by atoms with E-state index in [9.17, 15) is 0 Å². The van der Waals surface area contributed by atoms with E-state index in [0.29, 0.717) is 24.8 Å². The maximum Gasteiger partial charge on any atom is 0.231 e. The first kappa shape index (κ1) is 15.8. The van der Waals surface area contributed by atoms with Crippen LogP contribution in [0.4, 0.5) is 0 Å². The Kier molecular flexibility index (Phi) is 3.60. The summed E-state index contributed by atoms with van der Waals surface area (Å²) >= 11 is 0. The van der Waals surface area contributed by atoms with E-state index in [1.807, 2.05) is 22.9 Å². The Morgan fingerprint density at radius 3 is 2.89 bits per heavy atom. The molecule has 0 amide bonds. The van der Waals surface area contributed by atoms with Crippen LogP contribution in [0.2, 0.25) is 0 Å². The zero-order valence-corrected chi connectivity index (χ0v) is 14.8. The van der Waals surface area contributed by atoms with Crippen LogP contribution in [-0.2, 0) is 9.47 Å². The molecule has 4 heterocycles. The fourth-order valence-electron chi connectivity index (χ4n) is 4.15. The summed E-state index contributed by atoms with van der Waals surface area (Å²) in [6, 6.07) is 5.93. The van der Waals surface area contributed by atoms with Crippen molar-refractivity contribution in [1.29, 1.82) is 0 Å². The second-order valence-corrected chi connectivity index (χ2v) is 7.64. The number of aromatic nitrogens is 4. The van der Waals surface area contributed by atoms with Gasteiger partial charge in [-0.2, -0.15) is 0 Å². The van der Waals surface area contributed by atoms with Gasteiger partial charge in [0.25, 0.3) is 0 Å². The van der Waals surface area contributed by atoms with E-state index in [0.717, 1.165) is 23.8 Å². The molecule has 2 aromatic rings. The molecule has 0 radical (unpaired) electrons. The molecular weight excluding hydrogens is 350 g/mol. The zero-order valence-electron chi connectivity index (χ0n) is 14.8. The molecule has 2 saturated heterocycles. The van der Waals surface area contributed by atoms with Crippen LogP contribution < -0.4 is 14.8 Å². The van der Waals surface area contributed by atoms with Crippen LogP contribution in [0.1, 0.15) is 18.9 Å². The van der Waals surface area contributed by atoms with Crippen molar-refractivity contribution in [2.75, 3.05) is 26.6 Å². The van der Waals surface area contributed by atoms with Gasteiger partial charge < -0.3 is 24.3 Å². The topological polar surface area (TPSA) is 92.6 Å². The molecule has 4 aliphatic rings. The van der Waals surface area contributed by atoms with Crippen LogP contribution >= 0.6 is 0 Å². The van der Waals surface area contributed by atoms with Crippen LogP contribution in [0.3, 0.4) is 0 Å². The van der Waals surface area contributed by atoms with Crippen molar-refractivity contribution in [3.05, 3.63) is 18.2 Å². The molecule has 9 nitrogen and oxygen atoms in total. The van der Waals surface area contributed by atoms with E-state index in [1.165, 1.54) is 12.8 Å². The molecule has 1 saturated carbocycles. The van der Waals surface area contributed by atoms with E-state index >= 15 is 0 Å². The molecule has 6 rings (SSSR count). The first-order valence-electron chi connectivity index (χ1n) is 9.51. The number of benzene rings is 1. The van der Waals surface area contributed by atoms with Gasteiger partial charge in [-0.1, -0.05) is 0 Å². The van der Waals surface area contributed by atoms with Crippen molar-refractivity contribution in [2.45, 2.75) is 37.1 Å². The van der Waals surface area contributed by atoms with E-state index in [-0.39, 0.29) is 31.1 Å². The summed E-state index contributed by atoms with van der Waals surface area (Å²) in [4.78, 5) is 0. The van der Waals surface area contributed by atoms with Crippen LogP contribution in [-0.4, -0.2) is 65.0 Å². The van der Waals surface area contributed by atoms with Crippen LogP contribution in [0.15, 0.2) is 18.2 Å². The number of rotatable bonds is 5. The maximum atomic E-state index is 6.09. The third kappa shape index (κ3) is 2.69. The number of tetrazole rings is 1. The fourth-order valence-corrected chi connectivity index (χ4v) is 4.15. The Hall–Kier alpha value is -2.23. The Morgan fingerprint density at radius 1 is 1.07 bits per heavy atom. The molecule has 1 aromatic carbocycles. The minimum Gasteiger partial charge on any atom is -0.454 e. The molecule has 1 N–H and O–H groups in total. The normalized spacial score (nSPS) is 31.4. The van der Waals surface area contributed by atoms with E-state index in [2.05, 4.69) is 20.8 Å². The second-order valence-electron chi connectivity index (χ2n) is 7.64. The predicted molar refractivity (Wildman–Crippen MR) is 92.4 cm³/mol. The summed E-state index contributed by atoms with van der Waals surface area (Å²) in [6.07, 6.45) is 2.67. The maximum absolute atomic E-state index is 6.09. The number of nitrogens with one attached hydrogen (secondary N) is 1. The Balaban J connectivity index is 1.24. The molecular formula is C18H21N5O4. The highest BCUT2D eigenvalue weighted by Crippen LogP contribution is 2.39. The molecule has 0 bridgehead atoms. The van der Waals surface area contributed by atoms with E-state index in [4.69, 9.17) is 18.9 Å². The lowest BCUT2D eigenvalue weighted by molar-refractivity contribution is 0.0621. The van der Waals surface area contributed by atoms with E-state index < -0.39 is 0 Å². The summed E-state index contributed by atoms with van der Waals surface area (Å²) in [5, 5.41) is 16.0. The van der Waals surface area contributed by atoms with Crippen molar-refractivity contribution in [2.24, 2.45) is 5.92 Å². The summed E-state index contributed by atoms with van der Waals surface area (Å²) in [6.45, 7) is 2.51. The number of hydrogen-bond donors (Lipinski definition) is 1. The highest BCUT2D eigenvalue weighted by Gasteiger charge is 2.49. The SMILES string of the molecule is c1cc2c(cc1-c1nnnn1C1COC3C(NCC4CC4)COC31)OCO2. The third-order valence-corrected chi connectivity index (χ3v) is 5.83. The molecule has 3 fully saturated rings. The largest absolute Gasteiger partial charge is 0.454 e. The van der Waals surface area contributed by atoms with Gasteiger partial charge in [0.2, 0.25) is 6.79 Å². The zero-order chi connectivity index (χ0) is 17.8. The smallest absolute Gasteiger partial charge is 0.231 e. The van der Waals surface area contributed by atoms with Crippen LogP contribution in [0.5, 0.6) is 11.5 Å². The third-order valence-electron chi connectivity index (χ3n) is 5.83. The van der Waals surface area contributed by atoms with Gasteiger partial charge in [0.15, 0.2) is 17.3 Å². The van der Waals surface area contributed by atoms with Crippen molar-refractivity contribution in [1.82, 2.24) is 25.5 Å². The second kappa shape index (κ2) is 6.15. The molecule has 9 heteroatoms. The summed E-state index contributed by atoms with van der Waals surface area (Å²) in [7, 11) is 0. The monoisotopic (exact) mass is 371 g/mol. The lowest BCUT2D eigenvalue weighted by atomic mass is 10.1. The lowest BCUT2D eigenvalue weighted by Crippen LogP contribution is -2.41. The molecule has 1 aromatic heterocycles. The Labute approximate surface area is 155 Å². The average Bonchev–Trinajstić information content (AvgIpc) is 3.11. The van der Waals surface area contributed by atoms with Gasteiger partial charge >= 0.3 is 0 Å². The van der Waals surface area contributed by atoms with Crippen LogP contribution in [0.25, 0.3) is 11.4 Å². The Morgan fingerprint density at radius 2 is 1.96 bits per heavy atom. The van der Waals surface area contributed by atoms with Crippen molar-refractivity contribution in [3.8, 4) is 22.9 Å². The molecule has 142 valence electrons. The van der Waals surface area contributed by atoms with Gasteiger partial charge in [0, 0.05) is 5.56 Å². The van der Waals surface area contributed by atoms with Crippen molar-refractivity contribution >= 4 is 0 Å². The molecule has 4 unspecified atom stereocenters. The fraction of sp³-hybridized carbons (Fsp3) is 0.611. The number of hydrogen-bond acceptors (Lipinski definition) is 8. The average molecular weight is 371 g/mol. The number of nitrogens with zero attached hydrogens (tertiary/aromatic N) is 4. The molecule has 27 heavy (non-hydrogen) atoms. The molecule has 3 aliphatic heterocycles. The van der Waals surface area contributed by atoms with Gasteiger partial charge in [-0.25, -0.2) is 4.68 Å². The first-order valence-corrected chi connectivity index (χ1v) is 9.51. The van der Waals surface area contributed by atoms with Gasteiger partial charge in [0.1, 0.15) is 18.2 Å².